The zero-order valence-corrected chi connectivity index (χ0v) is 17.1. The first-order valence-electron chi connectivity index (χ1n) is 10.3. The van der Waals surface area contributed by atoms with Crippen LogP contribution in [0.15, 0.2) is 48.4 Å². The van der Waals surface area contributed by atoms with Crippen molar-refractivity contribution in [1.29, 1.82) is 0 Å². The van der Waals surface area contributed by atoms with Crippen molar-refractivity contribution in [2.24, 2.45) is 5.92 Å². The second-order valence-electron chi connectivity index (χ2n) is 6.44. The monoisotopic (exact) mass is 370 g/mol. The zero-order valence-electron chi connectivity index (χ0n) is 17.1. The van der Waals surface area contributed by atoms with Gasteiger partial charge in [0.05, 0.1) is 6.04 Å². The first-order valence-corrected chi connectivity index (χ1v) is 10.3. The third kappa shape index (κ3) is 5.51. The van der Waals surface area contributed by atoms with E-state index in [1.165, 1.54) is 16.5 Å². The molecular formula is C22H34N4O. The number of pyridine rings is 1. The van der Waals surface area contributed by atoms with Gasteiger partial charge in [0.25, 0.3) is 0 Å². The van der Waals surface area contributed by atoms with E-state index in [0.717, 1.165) is 42.9 Å². The number of hydrogen-bond acceptors (Lipinski definition) is 5. The highest BCUT2D eigenvalue weighted by Crippen LogP contribution is 2.29. The molecule has 148 valence electrons. The Balaban J connectivity index is 0.000000614. The number of nitrogens with zero attached hydrogens (tertiary/aromatic N) is 2. The minimum Gasteiger partial charge on any atom is -0.317 e. The number of fused-ring (bicyclic) bond motifs is 1. The van der Waals surface area contributed by atoms with Crippen molar-refractivity contribution in [2.75, 3.05) is 13.1 Å². The molecule has 1 aromatic heterocycles. The van der Waals surface area contributed by atoms with Crippen molar-refractivity contribution in [3.63, 3.8) is 0 Å². The number of hydrazine groups is 1. The number of rotatable bonds is 3. The highest BCUT2D eigenvalue weighted by atomic mass is 16.5. The summed E-state index contributed by atoms with van der Waals surface area (Å²) in [6.45, 7) is 10.1. The summed E-state index contributed by atoms with van der Waals surface area (Å²) in [5.74, 6) is 0.549. The van der Waals surface area contributed by atoms with E-state index >= 15 is 0 Å². The maximum absolute atomic E-state index is 9.87. The number of piperidine rings is 1. The van der Waals surface area contributed by atoms with Gasteiger partial charge in [0, 0.05) is 24.0 Å². The summed E-state index contributed by atoms with van der Waals surface area (Å²) in [6.07, 6.45) is 8.74. The van der Waals surface area contributed by atoms with Crippen LogP contribution >= 0.6 is 0 Å². The fourth-order valence-corrected chi connectivity index (χ4v) is 3.71. The molecule has 0 bridgehead atoms. The molecule has 1 saturated heterocycles. The Morgan fingerprint density at radius 3 is 2.56 bits per heavy atom. The average molecular weight is 371 g/mol. The fourth-order valence-electron chi connectivity index (χ4n) is 3.71. The molecule has 5 heteroatoms. The molecule has 1 atom stereocenters. The first-order chi connectivity index (χ1) is 13.3. The van der Waals surface area contributed by atoms with Crippen LogP contribution in [0.4, 0.5) is 0 Å². The minimum absolute atomic E-state index is 0.164. The highest BCUT2D eigenvalue weighted by Gasteiger charge is 2.30. The maximum atomic E-state index is 9.87. The topological polar surface area (TPSA) is 60.4 Å². The molecule has 0 aliphatic carbocycles. The van der Waals surface area contributed by atoms with Crippen LogP contribution in [0, 0.1) is 5.92 Å². The summed E-state index contributed by atoms with van der Waals surface area (Å²) in [5, 5.41) is 16.8. The lowest BCUT2D eigenvalue weighted by Crippen LogP contribution is -2.38. The molecule has 1 fully saturated rings. The zero-order chi connectivity index (χ0) is 19.6. The summed E-state index contributed by atoms with van der Waals surface area (Å²) in [7, 11) is 0. The van der Waals surface area contributed by atoms with Crippen LogP contribution in [0.1, 0.15) is 46.1 Å². The highest BCUT2D eigenvalue weighted by molar-refractivity contribution is 5.82. The van der Waals surface area contributed by atoms with Gasteiger partial charge < -0.3 is 5.32 Å². The fraction of sp³-hybridized carbons (Fsp3) is 0.500. The molecule has 27 heavy (non-hydrogen) atoms. The molecule has 0 spiro atoms. The Kier molecular flexibility index (Phi) is 8.72. The number of aromatic nitrogens is 1. The Morgan fingerprint density at radius 1 is 1.07 bits per heavy atom. The lowest BCUT2D eigenvalue weighted by atomic mass is 9.85. The van der Waals surface area contributed by atoms with E-state index in [2.05, 4.69) is 33.9 Å². The second-order valence-corrected chi connectivity index (χ2v) is 6.44. The van der Waals surface area contributed by atoms with E-state index < -0.39 is 0 Å². The SMILES string of the molecule is CC.CC.ON1C=C(C2CCNCC2)C(Cc2ccc3ccncc3c2)N1. The number of hydroxylamine groups is 1. The van der Waals surface area contributed by atoms with Gasteiger partial charge in [0.1, 0.15) is 0 Å². The quantitative estimate of drug-likeness (QED) is 0.752. The smallest absolute Gasteiger partial charge is 0.0556 e. The maximum Gasteiger partial charge on any atom is 0.0556 e. The van der Waals surface area contributed by atoms with Crippen molar-refractivity contribution in [2.45, 2.75) is 53.0 Å². The average Bonchev–Trinajstić information content (AvgIpc) is 3.11. The van der Waals surface area contributed by atoms with Gasteiger partial charge in [-0.05, 0) is 66.9 Å². The van der Waals surface area contributed by atoms with Crippen molar-refractivity contribution >= 4 is 10.8 Å². The van der Waals surface area contributed by atoms with Gasteiger partial charge in [-0.15, -0.1) is 0 Å². The van der Waals surface area contributed by atoms with Crippen LogP contribution in [-0.4, -0.2) is 34.5 Å². The van der Waals surface area contributed by atoms with Gasteiger partial charge in [-0.2, -0.15) is 5.17 Å². The molecule has 2 aliphatic rings. The summed E-state index contributed by atoms with van der Waals surface area (Å²) in [4.78, 5) is 4.20. The van der Waals surface area contributed by atoms with Gasteiger partial charge in [0.2, 0.25) is 0 Å². The van der Waals surface area contributed by atoms with Crippen molar-refractivity contribution < 1.29 is 5.21 Å². The molecule has 0 saturated carbocycles. The summed E-state index contributed by atoms with van der Waals surface area (Å²) in [6, 6.07) is 8.71. The standard InChI is InChI=1S/C18H22N4O.2C2H6/c23-22-12-17(15-4-6-19-7-5-15)18(21-22)10-13-1-2-14-3-8-20-11-16(14)9-13;2*1-2/h1-3,8-9,11-12,15,18-19,21,23H,4-7,10H2;2*1-2H3. The van der Waals surface area contributed by atoms with Crippen LogP contribution < -0.4 is 10.7 Å². The van der Waals surface area contributed by atoms with Gasteiger partial charge in [-0.25, -0.2) is 5.43 Å². The van der Waals surface area contributed by atoms with Crippen LogP contribution in [-0.2, 0) is 6.42 Å². The number of benzene rings is 1. The van der Waals surface area contributed by atoms with Gasteiger partial charge in [0.15, 0.2) is 0 Å². The molecular weight excluding hydrogens is 336 g/mol. The van der Waals surface area contributed by atoms with Crippen molar-refractivity contribution in [3.05, 3.63) is 54.0 Å². The molecule has 1 aromatic carbocycles. The summed E-state index contributed by atoms with van der Waals surface area (Å²) < 4.78 is 0. The Bertz CT molecular complexity index is 725. The van der Waals surface area contributed by atoms with Gasteiger partial charge >= 0.3 is 0 Å². The Morgan fingerprint density at radius 2 is 1.81 bits per heavy atom. The number of nitrogens with one attached hydrogen (secondary N) is 2. The van der Waals surface area contributed by atoms with Crippen LogP contribution in [0.2, 0.25) is 0 Å². The van der Waals surface area contributed by atoms with Gasteiger partial charge in [-0.3, -0.25) is 10.2 Å². The predicted octanol–water partition coefficient (Wildman–Crippen LogP) is 4.29. The van der Waals surface area contributed by atoms with E-state index in [9.17, 15) is 5.21 Å². The predicted molar refractivity (Wildman–Crippen MR) is 112 cm³/mol. The normalized spacial score (nSPS) is 19.7. The number of hydrogen-bond donors (Lipinski definition) is 3. The van der Waals surface area contributed by atoms with Crippen molar-refractivity contribution in [1.82, 2.24) is 20.9 Å². The molecule has 3 heterocycles. The summed E-state index contributed by atoms with van der Waals surface area (Å²) in [5.41, 5.74) is 5.74. The largest absolute Gasteiger partial charge is 0.317 e. The van der Waals surface area contributed by atoms with Crippen LogP contribution in [0.3, 0.4) is 0 Å². The molecule has 2 aliphatic heterocycles. The lowest BCUT2D eigenvalue weighted by molar-refractivity contribution is -0.0839. The van der Waals surface area contributed by atoms with E-state index in [4.69, 9.17) is 0 Å². The Labute approximate surface area is 163 Å². The lowest BCUT2D eigenvalue weighted by Gasteiger charge is -2.27. The van der Waals surface area contributed by atoms with Crippen LogP contribution in [0.25, 0.3) is 10.8 Å². The molecule has 3 N–H and O–H groups in total. The van der Waals surface area contributed by atoms with Gasteiger partial charge in [-0.1, -0.05) is 39.8 Å². The van der Waals surface area contributed by atoms with E-state index in [0.29, 0.717) is 5.92 Å². The third-order valence-electron chi connectivity index (χ3n) is 4.92. The molecule has 5 nitrogen and oxygen atoms in total. The van der Waals surface area contributed by atoms with Crippen molar-refractivity contribution in [3.8, 4) is 0 Å². The minimum atomic E-state index is 0.164. The van der Waals surface area contributed by atoms with E-state index in [1.807, 2.05) is 52.4 Å². The van der Waals surface area contributed by atoms with Crippen LogP contribution in [0.5, 0.6) is 0 Å². The molecule has 0 amide bonds. The Hall–Kier alpha value is -1.95. The van der Waals surface area contributed by atoms with E-state index in [-0.39, 0.29) is 6.04 Å². The summed E-state index contributed by atoms with van der Waals surface area (Å²) >= 11 is 0. The molecule has 4 rings (SSSR count). The van der Waals surface area contributed by atoms with E-state index in [1.54, 1.807) is 0 Å². The molecule has 2 aromatic rings. The third-order valence-corrected chi connectivity index (χ3v) is 4.92. The molecule has 1 unspecified atom stereocenters. The second kappa shape index (κ2) is 11.0. The first kappa shape index (κ1) is 21.4. The molecule has 0 radical (unpaired) electrons.